The van der Waals surface area contributed by atoms with E-state index < -0.39 is 0 Å². The molecule has 0 aromatic rings. The van der Waals surface area contributed by atoms with Gasteiger partial charge in [-0.2, -0.15) is 0 Å². The summed E-state index contributed by atoms with van der Waals surface area (Å²) >= 11 is 0. The molecule has 0 aromatic carbocycles. The lowest BCUT2D eigenvalue weighted by atomic mass is 9.88. The maximum absolute atomic E-state index is 12.7. The molecular formula is C19H33N3O2. The van der Waals surface area contributed by atoms with Gasteiger partial charge in [-0.3, -0.25) is 9.59 Å². The molecule has 0 radical (unpaired) electrons. The van der Waals surface area contributed by atoms with Crippen LogP contribution in [0.5, 0.6) is 0 Å². The summed E-state index contributed by atoms with van der Waals surface area (Å²) < 4.78 is 0. The zero-order chi connectivity index (χ0) is 16.9. The summed E-state index contributed by atoms with van der Waals surface area (Å²) in [6.07, 6.45) is 10.8. The van der Waals surface area contributed by atoms with E-state index >= 15 is 0 Å². The largest absolute Gasteiger partial charge is 0.353 e. The molecule has 3 N–H and O–H groups in total. The van der Waals surface area contributed by atoms with Gasteiger partial charge in [0, 0.05) is 31.0 Å². The van der Waals surface area contributed by atoms with Crippen molar-refractivity contribution in [1.82, 2.24) is 10.2 Å². The van der Waals surface area contributed by atoms with Gasteiger partial charge in [0.05, 0.1) is 0 Å². The number of nitrogens with two attached hydrogens (primary N) is 1. The van der Waals surface area contributed by atoms with Gasteiger partial charge in [-0.05, 0) is 51.0 Å². The Morgan fingerprint density at radius 2 is 1.62 bits per heavy atom. The molecule has 2 amide bonds. The number of rotatable bonds is 4. The Morgan fingerprint density at radius 3 is 2.29 bits per heavy atom. The van der Waals surface area contributed by atoms with Crippen LogP contribution in [0.2, 0.25) is 0 Å². The second kappa shape index (κ2) is 8.32. The zero-order valence-corrected chi connectivity index (χ0v) is 14.8. The number of hydrogen-bond donors (Lipinski definition) is 2. The molecule has 0 aromatic heterocycles. The van der Waals surface area contributed by atoms with Gasteiger partial charge in [0.2, 0.25) is 11.8 Å². The van der Waals surface area contributed by atoms with E-state index in [9.17, 15) is 9.59 Å². The molecule has 5 heteroatoms. The number of hydrogen-bond acceptors (Lipinski definition) is 3. The van der Waals surface area contributed by atoms with Crippen molar-refractivity contribution in [2.24, 2.45) is 23.5 Å². The molecule has 136 valence electrons. The molecule has 0 unspecified atom stereocenters. The second-order valence-corrected chi connectivity index (χ2v) is 7.98. The fraction of sp³-hybridized carbons (Fsp3) is 0.895. The lowest BCUT2D eigenvalue weighted by Crippen LogP contribution is -2.49. The van der Waals surface area contributed by atoms with Crippen molar-refractivity contribution in [2.75, 3.05) is 19.6 Å². The number of carbonyl (C=O) groups is 2. The predicted molar refractivity (Wildman–Crippen MR) is 94.2 cm³/mol. The molecule has 5 nitrogen and oxygen atoms in total. The van der Waals surface area contributed by atoms with E-state index in [1.54, 1.807) is 0 Å². The quantitative estimate of drug-likeness (QED) is 0.825. The SMILES string of the molecule is NC[C@H]1CCC[C@H]1C(=O)N1CCC(NC(=O)C2CCCCC2)CC1. The van der Waals surface area contributed by atoms with E-state index in [2.05, 4.69) is 5.32 Å². The normalized spacial score (nSPS) is 29.6. The molecule has 3 fully saturated rings. The molecule has 3 rings (SSSR count). The lowest BCUT2D eigenvalue weighted by molar-refractivity contribution is -0.137. The lowest BCUT2D eigenvalue weighted by Gasteiger charge is -2.35. The van der Waals surface area contributed by atoms with E-state index in [0.717, 1.165) is 58.0 Å². The Labute approximate surface area is 145 Å². The summed E-state index contributed by atoms with van der Waals surface area (Å²) in [7, 11) is 0. The summed E-state index contributed by atoms with van der Waals surface area (Å²) in [5.74, 6) is 1.30. The number of nitrogens with zero attached hydrogens (tertiary/aromatic N) is 1. The van der Waals surface area contributed by atoms with Gasteiger partial charge in [-0.25, -0.2) is 0 Å². The van der Waals surface area contributed by atoms with Crippen molar-refractivity contribution in [3.8, 4) is 0 Å². The van der Waals surface area contributed by atoms with Crippen LogP contribution in [0.25, 0.3) is 0 Å². The molecule has 1 saturated heterocycles. The van der Waals surface area contributed by atoms with Gasteiger partial charge in [-0.15, -0.1) is 0 Å². The third-order valence-electron chi connectivity index (χ3n) is 6.41. The maximum atomic E-state index is 12.7. The topological polar surface area (TPSA) is 75.4 Å². The first-order chi connectivity index (χ1) is 11.7. The molecule has 1 aliphatic heterocycles. The molecule has 3 aliphatic rings. The second-order valence-electron chi connectivity index (χ2n) is 7.98. The minimum Gasteiger partial charge on any atom is -0.353 e. The summed E-state index contributed by atoms with van der Waals surface area (Å²) in [4.78, 5) is 27.1. The van der Waals surface area contributed by atoms with Crippen LogP contribution in [0.15, 0.2) is 0 Å². The van der Waals surface area contributed by atoms with Crippen LogP contribution >= 0.6 is 0 Å². The van der Waals surface area contributed by atoms with Crippen molar-refractivity contribution in [2.45, 2.75) is 70.3 Å². The molecule has 0 bridgehead atoms. The maximum Gasteiger partial charge on any atom is 0.226 e. The van der Waals surface area contributed by atoms with Crippen LogP contribution < -0.4 is 11.1 Å². The smallest absolute Gasteiger partial charge is 0.226 e. The zero-order valence-electron chi connectivity index (χ0n) is 14.8. The van der Waals surface area contributed by atoms with Crippen LogP contribution in [0, 0.1) is 17.8 Å². The standard InChI is InChI=1S/C19H33N3O2/c20-13-15-7-4-8-17(15)19(24)22-11-9-16(10-12-22)21-18(23)14-5-2-1-3-6-14/h14-17H,1-13,20H2,(H,21,23)/t15-,17-/m1/s1. The fourth-order valence-corrected chi connectivity index (χ4v) is 4.81. The highest BCUT2D eigenvalue weighted by Crippen LogP contribution is 2.33. The van der Waals surface area contributed by atoms with E-state index in [-0.39, 0.29) is 23.8 Å². The molecule has 2 aliphatic carbocycles. The predicted octanol–water partition coefficient (Wildman–Crippen LogP) is 2.05. The van der Waals surface area contributed by atoms with Crippen LogP contribution in [0.1, 0.15) is 64.2 Å². The highest BCUT2D eigenvalue weighted by Gasteiger charge is 2.36. The van der Waals surface area contributed by atoms with Gasteiger partial charge in [-0.1, -0.05) is 25.7 Å². The summed E-state index contributed by atoms with van der Waals surface area (Å²) in [5.41, 5.74) is 5.82. The number of amides is 2. The monoisotopic (exact) mass is 335 g/mol. The Morgan fingerprint density at radius 1 is 0.917 bits per heavy atom. The van der Waals surface area contributed by atoms with Crippen molar-refractivity contribution in [1.29, 1.82) is 0 Å². The first-order valence-corrected chi connectivity index (χ1v) is 9.98. The molecule has 1 heterocycles. The van der Waals surface area contributed by atoms with E-state index in [1.807, 2.05) is 4.90 Å². The molecule has 24 heavy (non-hydrogen) atoms. The van der Waals surface area contributed by atoms with Crippen LogP contribution in [0.3, 0.4) is 0 Å². The Kier molecular flexibility index (Phi) is 6.14. The third-order valence-corrected chi connectivity index (χ3v) is 6.41. The summed E-state index contributed by atoms with van der Waals surface area (Å²) in [6.45, 7) is 2.19. The van der Waals surface area contributed by atoms with Crippen molar-refractivity contribution >= 4 is 11.8 Å². The average molecular weight is 335 g/mol. The van der Waals surface area contributed by atoms with Gasteiger partial charge < -0.3 is 16.0 Å². The number of piperidine rings is 1. The summed E-state index contributed by atoms with van der Waals surface area (Å²) in [5, 5.41) is 3.24. The van der Waals surface area contributed by atoms with E-state index in [1.165, 1.54) is 19.3 Å². The Bertz CT molecular complexity index is 440. The van der Waals surface area contributed by atoms with E-state index in [0.29, 0.717) is 18.4 Å². The van der Waals surface area contributed by atoms with E-state index in [4.69, 9.17) is 5.73 Å². The minimum atomic E-state index is 0.142. The van der Waals surface area contributed by atoms with Crippen LogP contribution in [-0.2, 0) is 9.59 Å². The minimum absolute atomic E-state index is 0.142. The van der Waals surface area contributed by atoms with Gasteiger partial charge in [0.1, 0.15) is 0 Å². The Balaban J connectivity index is 1.43. The van der Waals surface area contributed by atoms with Gasteiger partial charge >= 0.3 is 0 Å². The molecule has 0 spiro atoms. The molecular weight excluding hydrogens is 302 g/mol. The van der Waals surface area contributed by atoms with Crippen molar-refractivity contribution in [3.63, 3.8) is 0 Å². The Hall–Kier alpha value is -1.10. The average Bonchev–Trinajstić information content (AvgIpc) is 3.11. The highest BCUT2D eigenvalue weighted by molar-refractivity contribution is 5.80. The molecule has 2 atom stereocenters. The number of likely N-dealkylation sites (tertiary alicyclic amines) is 1. The van der Waals surface area contributed by atoms with Crippen molar-refractivity contribution in [3.05, 3.63) is 0 Å². The third kappa shape index (κ3) is 4.11. The molecule has 2 saturated carbocycles. The summed E-state index contributed by atoms with van der Waals surface area (Å²) in [6, 6.07) is 0.248. The number of carbonyl (C=O) groups excluding carboxylic acids is 2. The van der Waals surface area contributed by atoms with Crippen LogP contribution in [0.4, 0.5) is 0 Å². The van der Waals surface area contributed by atoms with Crippen LogP contribution in [-0.4, -0.2) is 42.4 Å². The fourth-order valence-electron chi connectivity index (χ4n) is 4.81. The first kappa shape index (κ1) is 17.7. The highest BCUT2D eigenvalue weighted by atomic mass is 16.2. The van der Waals surface area contributed by atoms with Gasteiger partial charge in [0.15, 0.2) is 0 Å². The first-order valence-electron chi connectivity index (χ1n) is 9.98. The number of nitrogens with one attached hydrogen (secondary N) is 1. The van der Waals surface area contributed by atoms with Crippen molar-refractivity contribution < 1.29 is 9.59 Å². The van der Waals surface area contributed by atoms with Gasteiger partial charge in [0.25, 0.3) is 0 Å².